The van der Waals surface area contributed by atoms with Gasteiger partial charge in [0, 0.05) is 22.9 Å². The molecule has 0 aromatic heterocycles. The molecule has 2 aromatic carbocycles. The fourth-order valence-electron chi connectivity index (χ4n) is 4.82. The smallest absolute Gasteiger partial charge is 0.190 e. The third kappa shape index (κ3) is 3.04. The Kier molecular flexibility index (Phi) is 4.67. The van der Waals surface area contributed by atoms with Crippen molar-refractivity contribution in [2.24, 2.45) is 11.0 Å². The van der Waals surface area contributed by atoms with Crippen LogP contribution >= 0.6 is 11.6 Å². The molecule has 0 saturated heterocycles. The molecule has 5 heteroatoms. The number of nitrogens with zero attached hydrogens (tertiary/aromatic N) is 2. The van der Waals surface area contributed by atoms with Gasteiger partial charge in [0.05, 0.1) is 18.9 Å². The number of halogens is 1. The van der Waals surface area contributed by atoms with E-state index in [1.54, 1.807) is 7.11 Å². The van der Waals surface area contributed by atoms with E-state index < -0.39 is 0 Å². The third-order valence-corrected chi connectivity index (χ3v) is 6.51. The Morgan fingerprint density at radius 2 is 1.86 bits per heavy atom. The van der Waals surface area contributed by atoms with E-state index >= 15 is 0 Å². The van der Waals surface area contributed by atoms with Gasteiger partial charge in [0.1, 0.15) is 0 Å². The van der Waals surface area contributed by atoms with Gasteiger partial charge in [-0.1, -0.05) is 55.1 Å². The summed E-state index contributed by atoms with van der Waals surface area (Å²) in [6, 6.07) is 14.4. The van der Waals surface area contributed by atoms with Gasteiger partial charge < -0.3 is 9.47 Å². The number of hydrazone groups is 1. The van der Waals surface area contributed by atoms with Crippen molar-refractivity contribution in [2.45, 2.75) is 50.8 Å². The van der Waals surface area contributed by atoms with Gasteiger partial charge in [0.15, 0.2) is 17.7 Å². The maximum absolute atomic E-state index is 6.58. The molecule has 2 heterocycles. The van der Waals surface area contributed by atoms with Crippen molar-refractivity contribution >= 4 is 17.3 Å². The Hall–Kier alpha value is -2.20. The summed E-state index contributed by atoms with van der Waals surface area (Å²) < 4.78 is 12.2. The third-order valence-electron chi connectivity index (χ3n) is 6.26. The molecule has 4 nitrogen and oxygen atoms in total. The zero-order valence-corrected chi connectivity index (χ0v) is 16.9. The van der Waals surface area contributed by atoms with Gasteiger partial charge in [-0.15, -0.1) is 0 Å². The Labute approximate surface area is 171 Å². The Bertz CT molecular complexity index is 890. The van der Waals surface area contributed by atoms with Crippen LogP contribution < -0.4 is 9.47 Å². The summed E-state index contributed by atoms with van der Waals surface area (Å²) in [5.74, 6) is 2.22. The molecule has 0 N–H and O–H groups in total. The van der Waals surface area contributed by atoms with Crippen molar-refractivity contribution < 1.29 is 9.47 Å². The molecule has 0 spiro atoms. The van der Waals surface area contributed by atoms with E-state index in [4.69, 9.17) is 26.2 Å². The zero-order valence-electron chi connectivity index (χ0n) is 16.1. The summed E-state index contributed by atoms with van der Waals surface area (Å²) in [7, 11) is 1.71. The number of fused-ring (bicyclic) bond motifs is 3. The van der Waals surface area contributed by atoms with E-state index in [9.17, 15) is 0 Å². The van der Waals surface area contributed by atoms with Crippen LogP contribution in [0.1, 0.15) is 55.7 Å². The summed E-state index contributed by atoms with van der Waals surface area (Å²) in [5.41, 5.74) is 3.39. The van der Waals surface area contributed by atoms with Crippen LogP contribution in [-0.2, 0) is 0 Å². The zero-order chi connectivity index (χ0) is 19.1. The lowest BCUT2D eigenvalue weighted by atomic mass is 9.86. The molecule has 2 aromatic rings. The van der Waals surface area contributed by atoms with E-state index in [2.05, 4.69) is 23.2 Å². The molecule has 2 aliphatic heterocycles. The van der Waals surface area contributed by atoms with Crippen LogP contribution in [0.25, 0.3) is 0 Å². The number of benzene rings is 2. The van der Waals surface area contributed by atoms with Crippen molar-refractivity contribution in [1.29, 1.82) is 0 Å². The average Bonchev–Trinajstić information content (AvgIpc) is 3.19. The molecule has 1 saturated carbocycles. The fourth-order valence-corrected chi connectivity index (χ4v) is 4.95. The highest BCUT2D eigenvalue weighted by Crippen LogP contribution is 2.49. The lowest BCUT2D eigenvalue weighted by molar-refractivity contribution is -0.0656. The van der Waals surface area contributed by atoms with Crippen LogP contribution in [0, 0.1) is 5.92 Å². The summed E-state index contributed by atoms with van der Waals surface area (Å²) in [6.07, 6.45) is 7.11. The van der Waals surface area contributed by atoms with E-state index in [0.29, 0.717) is 5.92 Å². The first kappa shape index (κ1) is 17.9. The molecule has 146 valence electrons. The van der Waals surface area contributed by atoms with Crippen molar-refractivity contribution in [3.05, 3.63) is 58.6 Å². The molecule has 0 amide bonds. The first-order chi connectivity index (χ1) is 13.7. The quantitative estimate of drug-likeness (QED) is 0.657. The van der Waals surface area contributed by atoms with Crippen LogP contribution in [0.3, 0.4) is 0 Å². The fraction of sp³-hybridized carbons (Fsp3) is 0.435. The second-order valence-electron chi connectivity index (χ2n) is 7.94. The second kappa shape index (κ2) is 7.32. The summed E-state index contributed by atoms with van der Waals surface area (Å²) in [6.45, 7) is 0. The first-order valence-corrected chi connectivity index (χ1v) is 10.6. The maximum atomic E-state index is 6.58. The van der Waals surface area contributed by atoms with E-state index in [1.165, 1.54) is 37.7 Å². The predicted molar refractivity (Wildman–Crippen MR) is 111 cm³/mol. The van der Waals surface area contributed by atoms with Crippen LogP contribution in [0.5, 0.6) is 11.5 Å². The molecule has 0 radical (unpaired) electrons. The Morgan fingerprint density at radius 3 is 2.61 bits per heavy atom. The maximum Gasteiger partial charge on any atom is 0.190 e. The molecule has 3 aliphatic rings. The largest absolute Gasteiger partial charge is 0.493 e. The Balaban J connectivity index is 1.55. The molecule has 0 bridgehead atoms. The molecule has 28 heavy (non-hydrogen) atoms. The van der Waals surface area contributed by atoms with Crippen LogP contribution in [0.2, 0.25) is 5.02 Å². The van der Waals surface area contributed by atoms with Gasteiger partial charge in [0.25, 0.3) is 0 Å². The Morgan fingerprint density at radius 1 is 1.07 bits per heavy atom. The van der Waals surface area contributed by atoms with Gasteiger partial charge in [-0.3, -0.25) is 0 Å². The van der Waals surface area contributed by atoms with Crippen molar-refractivity contribution in [3.63, 3.8) is 0 Å². The summed E-state index contributed by atoms with van der Waals surface area (Å²) >= 11 is 6.08. The molecular weight excluding hydrogens is 372 g/mol. The van der Waals surface area contributed by atoms with Crippen LogP contribution in [0.15, 0.2) is 47.6 Å². The summed E-state index contributed by atoms with van der Waals surface area (Å²) in [5, 5.41) is 8.03. The topological polar surface area (TPSA) is 34.1 Å². The molecule has 1 fully saturated rings. The number of ether oxygens (including phenoxy) is 2. The SMILES string of the molecule is COc1cccc2c1OC(C1CCCCC1)N1N=C(c3ccc(Cl)cc3)CC21. The number of hydrogen-bond donors (Lipinski definition) is 0. The minimum atomic E-state index is -0.0288. The molecule has 1 aliphatic carbocycles. The highest BCUT2D eigenvalue weighted by Gasteiger charge is 2.44. The lowest BCUT2D eigenvalue weighted by Crippen LogP contribution is -2.46. The average molecular weight is 397 g/mol. The number of methoxy groups -OCH3 is 1. The minimum Gasteiger partial charge on any atom is -0.493 e. The number of para-hydroxylation sites is 1. The second-order valence-corrected chi connectivity index (χ2v) is 8.38. The van der Waals surface area contributed by atoms with Crippen molar-refractivity contribution in [1.82, 2.24) is 5.01 Å². The molecule has 2 atom stereocenters. The number of hydrogen-bond acceptors (Lipinski definition) is 4. The monoisotopic (exact) mass is 396 g/mol. The highest BCUT2D eigenvalue weighted by atomic mass is 35.5. The van der Waals surface area contributed by atoms with E-state index in [1.807, 2.05) is 24.3 Å². The molecule has 2 unspecified atom stereocenters. The van der Waals surface area contributed by atoms with E-state index in [-0.39, 0.29) is 12.3 Å². The standard InChI is InChI=1S/C23H25ClN2O2/c1-27-21-9-5-8-18-20-14-19(15-10-12-17(24)13-11-15)25-26(20)23(28-22(18)21)16-6-3-2-4-7-16/h5,8-13,16,20,23H,2-4,6-7,14H2,1H3. The van der Waals surface area contributed by atoms with Crippen molar-refractivity contribution in [2.75, 3.05) is 7.11 Å². The van der Waals surface area contributed by atoms with Crippen LogP contribution in [-0.4, -0.2) is 24.1 Å². The van der Waals surface area contributed by atoms with Crippen LogP contribution in [0.4, 0.5) is 0 Å². The lowest BCUT2D eigenvalue weighted by Gasteiger charge is -2.43. The van der Waals surface area contributed by atoms with Gasteiger partial charge in [-0.25, -0.2) is 5.01 Å². The molecule has 5 rings (SSSR count). The van der Waals surface area contributed by atoms with Gasteiger partial charge in [-0.2, -0.15) is 5.10 Å². The molecular formula is C23H25ClN2O2. The highest BCUT2D eigenvalue weighted by molar-refractivity contribution is 6.30. The predicted octanol–water partition coefficient (Wildman–Crippen LogP) is 5.80. The van der Waals surface area contributed by atoms with Crippen molar-refractivity contribution in [3.8, 4) is 11.5 Å². The van der Waals surface area contributed by atoms with Gasteiger partial charge in [-0.05, 0) is 36.6 Å². The number of rotatable bonds is 3. The normalized spacial score (nSPS) is 24.2. The first-order valence-electron chi connectivity index (χ1n) is 10.2. The van der Waals surface area contributed by atoms with Gasteiger partial charge >= 0.3 is 0 Å². The van der Waals surface area contributed by atoms with Gasteiger partial charge in [0.2, 0.25) is 0 Å². The van der Waals surface area contributed by atoms with E-state index in [0.717, 1.165) is 34.2 Å². The summed E-state index contributed by atoms with van der Waals surface area (Å²) in [4.78, 5) is 0. The minimum absolute atomic E-state index is 0.0288.